The minimum Gasteiger partial charge on any atom is -0.250 e. The zero-order chi connectivity index (χ0) is 12.8. The van der Waals surface area contributed by atoms with Gasteiger partial charge in [-0.05, 0) is 17.7 Å². The van der Waals surface area contributed by atoms with Crippen LogP contribution >= 0.6 is 11.6 Å². The maximum Gasteiger partial charge on any atom is 0.350 e. The molecule has 0 spiro atoms. The van der Waals surface area contributed by atoms with Gasteiger partial charge in [-0.15, -0.1) is 16.7 Å². The van der Waals surface area contributed by atoms with Crippen LogP contribution < -0.4 is 5.69 Å². The molecule has 0 saturated heterocycles. The molecule has 2 heterocycles. The van der Waals surface area contributed by atoms with Crippen molar-refractivity contribution in [3.05, 3.63) is 47.0 Å². The maximum atomic E-state index is 11.8. The van der Waals surface area contributed by atoms with Gasteiger partial charge in [0.05, 0.1) is 6.54 Å². The zero-order valence-corrected chi connectivity index (χ0v) is 10.8. The highest BCUT2D eigenvalue weighted by Crippen LogP contribution is 1.99. The Morgan fingerprint density at radius 2 is 2.18 bits per heavy atom. The fourth-order valence-corrected chi connectivity index (χ4v) is 1.41. The molecule has 0 N–H and O–H groups in total. The molecule has 0 aliphatic heterocycles. The summed E-state index contributed by atoms with van der Waals surface area (Å²) in [4.78, 5) is 11.8. The molecule has 0 unspecified atom stereocenters. The van der Waals surface area contributed by atoms with Crippen LogP contribution in [0.25, 0.3) is 5.65 Å². The van der Waals surface area contributed by atoms with Crippen molar-refractivity contribution in [2.45, 2.75) is 20.4 Å². The van der Waals surface area contributed by atoms with E-state index >= 15 is 0 Å². The molecular formula is C12H16ClN3O. The second-order valence-electron chi connectivity index (χ2n) is 3.25. The zero-order valence-electron chi connectivity index (χ0n) is 10.1. The maximum absolute atomic E-state index is 11.8. The van der Waals surface area contributed by atoms with E-state index in [1.54, 1.807) is 18.3 Å². The summed E-state index contributed by atoms with van der Waals surface area (Å²) in [6, 6.07) is 5.40. The lowest BCUT2D eigenvalue weighted by atomic mass is 10.3. The molecule has 2 rings (SSSR count). The van der Waals surface area contributed by atoms with E-state index in [1.165, 1.54) is 9.08 Å². The summed E-state index contributed by atoms with van der Waals surface area (Å²) >= 11 is 5.60. The Kier molecular flexibility index (Phi) is 4.97. The summed E-state index contributed by atoms with van der Waals surface area (Å²) in [6.07, 6.45) is 1.69. The van der Waals surface area contributed by atoms with Gasteiger partial charge < -0.3 is 0 Å². The van der Waals surface area contributed by atoms with Crippen LogP contribution in [0.5, 0.6) is 0 Å². The molecule has 0 amide bonds. The average molecular weight is 254 g/mol. The van der Waals surface area contributed by atoms with Crippen LogP contribution in [0, 0.1) is 0 Å². The summed E-state index contributed by atoms with van der Waals surface area (Å²) < 4.78 is 2.85. The van der Waals surface area contributed by atoms with E-state index < -0.39 is 0 Å². The molecule has 0 bridgehead atoms. The third kappa shape index (κ3) is 2.97. The Labute approximate surface area is 105 Å². The third-order valence-electron chi connectivity index (χ3n) is 2.05. The number of pyridine rings is 1. The van der Waals surface area contributed by atoms with Gasteiger partial charge in [-0.25, -0.2) is 9.48 Å². The molecule has 4 nitrogen and oxygen atoms in total. The third-order valence-corrected chi connectivity index (χ3v) is 2.43. The molecule has 0 radical (unpaired) electrons. The molecule has 0 aliphatic carbocycles. The van der Waals surface area contributed by atoms with Crippen molar-refractivity contribution in [2.24, 2.45) is 0 Å². The Bertz CT molecular complexity index is 556. The summed E-state index contributed by atoms with van der Waals surface area (Å²) in [6.45, 7) is 8.10. The first-order valence-electron chi connectivity index (χ1n) is 5.49. The van der Waals surface area contributed by atoms with Gasteiger partial charge in [-0.3, -0.25) is 4.40 Å². The molecule has 0 aromatic carbocycles. The van der Waals surface area contributed by atoms with Gasteiger partial charge >= 0.3 is 5.69 Å². The molecule has 2 aromatic rings. The standard InChI is InChI=1S/C10H10ClN3O.C2H6/c1-8(6-11)7-14-10(15)13-5-3-2-4-9(13)12-14;1-2/h2-5H,1,6-7H2;1-2H3. The van der Waals surface area contributed by atoms with Crippen LogP contribution in [0.3, 0.4) is 0 Å². The van der Waals surface area contributed by atoms with Crippen molar-refractivity contribution < 1.29 is 0 Å². The summed E-state index contributed by atoms with van der Waals surface area (Å²) in [5, 5.41) is 4.15. The van der Waals surface area contributed by atoms with Crippen molar-refractivity contribution in [1.82, 2.24) is 14.2 Å². The first-order chi connectivity index (χ1) is 8.22. The van der Waals surface area contributed by atoms with E-state index in [0.717, 1.165) is 5.57 Å². The van der Waals surface area contributed by atoms with Crippen LogP contribution in [0.1, 0.15) is 13.8 Å². The molecule has 0 aliphatic rings. The van der Waals surface area contributed by atoms with E-state index in [-0.39, 0.29) is 5.69 Å². The first-order valence-corrected chi connectivity index (χ1v) is 6.02. The van der Waals surface area contributed by atoms with E-state index in [4.69, 9.17) is 11.6 Å². The largest absolute Gasteiger partial charge is 0.350 e. The van der Waals surface area contributed by atoms with Crippen molar-refractivity contribution >= 4 is 17.2 Å². The quantitative estimate of drug-likeness (QED) is 0.622. The van der Waals surface area contributed by atoms with Gasteiger partial charge in [-0.2, -0.15) is 0 Å². The van der Waals surface area contributed by atoms with Crippen LogP contribution in [0.4, 0.5) is 0 Å². The van der Waals surface area contributed by atoms with Crippen molar-refractivity contribution in [2.75, 3.05) is 5.88 Å². The van der Waals surface area contributed by atoms with E-state index in [0.29, 0.717) is 18.1 Å². The monoisotopic (exact) mass is 253 g/mol. The van der Waals surface area contributed by atoms with Gasteiger partial charge in [0.1, 0.15) is 0 Å². The van der Waals surface area contributed by atoms with E-state index in [2.05, 4.69) is 11.7 Å². The lowest BCUT2D eigenvalue weighted by Crippen LogP contribution is -2.22. The van der Waals surface area contributed by atoms with Gasteiger partial charge in [0.15, 0.2) is 5.65 Å². The highest BCUT2D eigenvalue weighted by Gasteiger charge is 2.05. The number of hydrogen-bond acceptors (Lipinski definition) is 2. The number of fused-ring (bicyclic) bond motifs is 1. The molecule has 17 heavy (non-hydrogen) atoms. The predicted octanol–water partition coefficient (Wildman–Crippen LogP) is 2.32. The second kappa shape index (κ2) is 6.25. The smallest absolute Gasteiger partial charge is 0.250 e. The van der Waals surface area contributed by atoms with Crippen LogP contribution in [-0.2, 0) is 6.54 Å². The van der Waals surface area contributed by atoms with Crippen molar-refractivity contribution in [3.8, 4) is 0 Å². The van der Waals surface area contributed by atoms with E-state index in [1.807, 2.05) is 19.9 Å². The van der Waals surface area contributed by atoms with Gasteiger partial charge in [-0.1, -0.05) is 26.5 Å². The number of allylic oxidation sites excluding steroid dienone is 1. The first kappa shape index (κ1) is 13.5. The molecule has 0 fully saturated rings. The number of halogens is 1. The van der Waals surface area contributed by atoms with Crippen molar-refractivity contribution in [1.29, 1.82) is 0 Å². The number of rotatable bonds is 3. The predicted molar refractivity (Wildman–Crippen MR) is 70.7 cm³/mol. The van der Waals surface area contributed by atoms with Crippen LogP contribution in [0.15, 0.2) is 41.3 Å². The van der Waals surface area contributed by atoms with Gasteiger partial charge in [0, 0.05) is 12.1 Å². The van der Waals surface area contributed by atoms with Crippen LogP contribution in [-0.4, -0.2) is 20.1 Å². The topological polar surface area (TPSA) is 39.3 Å². The minimum absolute atomic E-state index is 0.170. The number of hydrogen-bond donors (Lipinski definition) is 0. The summed E-state index contributed by atoms with van der Waals surface area (Å²) in [5.74, 6) is 0.334. The molecule has 2 aromatic heterocycles. The summed E-state index contributed by atoms with van der Waals surface area (Å²) in [7, 11) is 0. The second-order valence-corrected chi connectivity index (χ2v) is 3.52. The average Bonchev–Trinajstić information content (AvgIpc) is 2.69. The Morgan fingerprint density at radius 1 is 1.47 bits per heavy atom. The molecule has 0 saturated carbocycles. The lowest BCUT2D eigenvalue weighted by Gasteiger charge is -1.98. The molecule has 0 atom stereocenters. The Balaban J connectivity index is 0.000000686. The lowest BCUT2D eigenvalue weighted by molar-refractivity contribution is 0.652. The highest BCUT2D eigenvalue weighted by atomic mass is 35.5. The van der Waals surface area contributed by atoms with Gasteiger partial charge in [0.2, 0.25) is 0 Å². The Hall–Kier alpha value is -1.55. The van der Waals surface area contributed by atoms with Crippen LogP contribution in [0.2, 0.25) is 0 Å². The number of alkyl halides is 1. The van der Waals surface area contributed by atoms with Gasteiger partial charge in [0.25, 0.3) is 0 Å². The molecule has 92 valence electrons. The summed E-state index contributed by atoms with van der Waals surface area (Å²) in [5.41, 5.74) is 1.23. The van der Waals surface area contributed by atoms with Crippen molar-refractivity contribution in [3.63, 3.8) is 0 Å². The fourth-order valence-electron chi connectivity index (χ4n) is 1.33. The normalized spacial score (nSPS) is 9.82. The highest BCUT2D eigenvalue weighted by molar-refractivity contribution is 6.19. The molecular weight excluding hydrogens is 238 g/mol. The number of nitrogens with zero attached hydrogens (tertiary/aromatic N) is 3. The Morgan fingerprint density at radius 3 is 2.76 bits per heavy atom. The van der Waals surface area contributed by atoms with E-state index in [9.17, 15) is 4.79 Å². The minimum atomic E-state index is -0.170. The SMILES string of the molecule is C=C(CCl)Cn1nc2ccccn2c1=O.CC. The number of aromatic nitrogens is 3. The fraction of sp³-hybridized carbons (Fsp3) is 0.333. The molecule has 5 heteroatoms.